The van der Waals surface area contributed by atoms with Crippen molar-refractivity contribution in [3.8, 4) is 17.5 Å². The Morgan fingerprint density at radius 1 is 1.17 bits per heavy atom. The normalized spacial score (nSPS) is 10.4. The predicted octanol–water partition coefficient (Wildman–Crippen LogP) is 1.75. The van der Waals surface area contributed by atoms with Gasteiger partial charge in [0.1, 0.15) is 6.42 Å². The van der Waals surface area contributed by atoms with Gasteiger partial charge in [0.2, 0.25) is 11.7 Å². The molecule has 6 nitrogen and oxygen atoms in total. The summed E-state index contributed by atoms with van der Waals surface area (Å²) >= 11 is 0. The Morgan fingerprint density at radius 2 is 2.00 bits per heavy atom. The highest BCUT2D eigenvalue weighted by atomic mass is 16.5. The van der Waals surface area contributed by atoms with Gasteiger partial charge in [0, 0.05) is 18.0 Å². The smallest absolute Gasteiger partial charge is 0.241 e. The first-order valence-corrected chi connectivity index (χ1v) is 5.27. The highest BCUT2D eigenvalue weighted by Crippen LogP contribution is 2.19. The molecule has 6 heteroatoms. The van der Waals surface area contributed by atoms with Crippen molar-refractivity contribution in [3.05, 3.63) is 36.5 Å². The summed E-state index contributed by atoms with van der Waals surface area (Å²) in [6.45, 7) is 0. The van der Waals surface area contributed by atoms with Crippen molar-refractivity contribution < 1.29 is 4.52 Å². The van der Waals surface area contributed by atoms with Crippen molar-refractivity contribution in [3.63, 3.8) is 0 Å². The third-order valence-corrected chi connectivity index (χ3v) is 2.43. The van der Waals surface area contributed by atoms with Crippen LogP contribution in [0.4, 0.5) is 0 Å². The first kappa shape index (κ1) is 10.4. The molecule has 1 aromatic carbocycles. The molecule has 0 unspecified atom stereocenters. The van der Waals surface area contributed by atoms with Crippen molar-refractivity contribution in [2.24, 2.45) is 0 Å². The molecule has 0 N–H and O–H groups in total. The van der Waals surface area contributed by atoms with Crippen molar-refractivity contribution in [2.75, 3.05) is 0 Å². The van der Waals surface area contributed by atoms with Gasteiger partial charge < -0.3 is 4.52 Å². The maximum atomic E-state index is 8.54. The van der Waals surface area contributed by atoms with Crippen LogP contribution in [0.3, 0.4) is 0 Å². The Kier molecular flexibility index (Phi) is 2.43. The maximum Gasteiger partial charge on any atom is 0.241 e. The number of hydrogen-bond acceptors (Lipinski definition) is 6. The highest BCUT2D eigenvalue weighted by Gasteiger charge is 2.09. The third kappa shape index (κ3) is 1.78. The zero-order chi connectivity index (χ0) is 12.4. The molecule has 2 heterocycles. The lowest BCUT2D eigenvalue weighted by molar-refractivity contribution is 0.388. The van der Waals surface area contributed by atoms with Gasteiger partial charge in [-0.3, -0.25) is 9.97 Å². The number of nitrogens with zero attached hydrogens (tertiary/aromatic N) is 5. The van der Waals surface area contributed by atoms with E-state index in [0.29, 0.717) is 11.7 Å². The van der Waals surface area contributed by atoms with E-state index in [1.165, 1.54) is 0 Å². The standard InChI is InChI=1S/C12H7N5O/c13-4-3-11-16-12(17-18-11)8-1-2-9-10(7-8)15-6-5-14-9/h1-2,5-7H,3H2. The number of rotatable bonds is 2. The van der Waals surface area contributed by atoms with Crippen molar-refractivity contribution in [1.82, 2.24) is 20.1 Å². The molecule has 0 radical (unpaired) electrons. The summed E-state index contributed by atoms with van der Waals surface area (Å²) in [6, 6.07) is 7.49. The van der Waals surface area contributed by atoms with Gasteiger partial charge in [-0.2, -0.15) is 10.2 Å². The Hall–Kier alpha value is -2.81. The highest BCUT2D eigenvalue weighted by molar-refractivity contribution is 5.79. The summed E-state index contributed by atoms with van der Waals surface area (Å²) in [7, 11) is 0. The number of nitriles is 1. The van der Waals surface area contributed by atoms with E-state index in [9.17, 15) is 0 Å². The molecule has 18 heavy (non-hydrogen) atoms. The van der Waals surface area contributed by atoms with E-state index in [4.69, 9.17) is 9.78 Å². The van der Waals surface area contributed by atoms with E-state index in [-0.39, 0.29) is 6.42 Å². The Bertz CT molecular complexity index is 743. The molecule has 2 aromatic heterocycles. The van der Waals surface area contributed by atoms with Crippen molar-refractivity contribution >= 4 is 11.0 Å². The minimum Gasteiger partial charge on any atom is -0.338 e. The first-order valence-electron chi connectivity index (χ1n) is 5.27. The molecule has 0 fully saturated rings. The van der Waals surface area contributed by atoms with Crippen LogP contribution in [0, 0.1) is 11.3 Å². The zero-order valence-electron chi connectivity index (χ0n) is 9.24. The molecule has 0 bridgehead atoms. The number of benzene rings is 1. The zero-order valence-corrected chi connectivity index (χ0v) is 9.24. The molecule has 0 aliphatic rings. The average molecular weight is 237 g/mol. The minimum absolute atomic E-state index is 0.111. The lowest BCUT2D eigenvalue weighted by atomic mass is 10.2. The van der Waals surface area contributed by atoms with Crippen LogP contribution in [0.2, 0.25) is 0 Å². The van der Waals surface area contributed by atoms with E-state index >= 15 is 0 Å². The van der Waals surface area contributed by atoms with Gasteiger partial charge >= 0.3 is 0 Å². The summed E-state index contributed by atoms with van der Waals surface area (Å²) in [5.41, 5.74) is 2.36. The number of fused-ring (bicyclic) bond motifs is 1. The van der Waals surface area contributed by atoms with Crippen LogP contribution >= 0.6 is 0 Å². The third-order valence-electron chi connectivity index (χ3n) is 2.43. The molecular weight excluding hydrogens is 230 g/mol. The molecule has 3 rings (SSSR count). The molecule has 0 aliphatic heterocycles. The van der Waals surface area contributed by atoms with Crippen LogP contribution in [0.5, 0.6) is 0 Å². The second-order valence-electron chi connectivity index (χ2n) is 3.61. The molecule has 0 atom stereocenters. The summed E-state index contributed by atoms with van der Waals surface area (Å²) in [5.74, 6) is 0.763. The fourth-order valence-electron chi connectivity index (χ4n) is 1.61. The van der Waals surface area contributed by atoms with Gasteiger partial charge in [-0.05, 0) is 18.2 Å². The summed E-state index contributed by atoms with van der Waals surface area (Å²) < 4.78 is 4.95. The Labute approximate surface area is 102 Å². The molecule has 3 aromatic rings. The van der Waals surface area contributed by atoms with E-state index in [1.807, 2.05) is 24.3 Å². The number of hydrogen-bond donors (Lipinski definition) is 0. The van der Waals surface area contributed by atoms with Crippen LogP contribution in [-0.2, 0) is 6.42 Å². The van der Waals surface area contributed by atoms with E-state index in [0.717, 1.165) is 16.6 Å². The molecule has 0 amide bonds. The van der Waals surface area contributed by atoms with Crippen LogP contribution in [0.25, 0.3) is 22.4 Å². The largest absolute Gasteiger partial charge is 0.338 e. The fourth-order valence-corrected chi connectivity index (χ4v) is 1.61. The van der Waals surface area contributed by atoms with E-state index in [1.54, 1.807) is 12.4 Å². The van der Waals surface area contributed by atoms with Gasteiger partial charge in [0.15, 0.2) is 0 Å². The molecule has 0 aliphatic carbocycles. The Balaban J connectivity index is 2.05. The lowest BCUT2D eigenvalue weighted by Crippen LogP contribution is -1.86. The summed E-state index contributed by atoms with van der Waals surface area (Å²) in [6.07, 6.45) is 3.38. The van der Waals surface area contributed by atoms with Crippen LogP contribution < -0.4 is 0 Å². The quantitative estimate of drug-likeness (QED) is 0.674. The van der Waals surface area contributed by atoms with Crippen LogP contribution in [0.15, 0.2) is 35.1 Å². The lowest BCUT2D eigenvalue weighted by Gasteiger charge is -1.97. The van der Waals surface area contributed by atoms with Gasteiger partial charge in [-0.25, -0.2) is 0 Å². The van der Waals surface area contributed by atoms with E-state index < -0.39 is 0 Å². The maximum absolute atomic E-state index is 8.54. The van der Waals surface area contributed by atoms with Crippen LogP contribution in [-0.4, -0.2) is 20.1 Å². The minimum atomic E-state index is 0.111. The van der Waals surface area contributed by atoms with Gasteiger partial charge in [0.25, 0.3) is 0 Å². The van der Waals surface area contributed by atoms with Gasteiger partial charge in [-0.15, -0.1) is 0 Å². The van der Waals surface area contributed by atoms with E-state index in [2.05, 4.69) is 20.1 Å². The monoisotopic (exact) mass is 237 g/mol. The molecular formula is C12H7N5O. The molecule has 0 saturated carbocycles. The summed E-state index contributed by atoms with van der Waals surface area (Å²) in [4.78, 5) is 12.5. The fraction of sp³-hybridized carbons (Fsp3) is 0.0833. The predicted molar refractivity (Wildman–Crippen MR) is 62.1 cm³/mol. The van der Waals surface area contributed by atoms with Gasteiger partial charge in [-0.1, -0.05) is 5.16 Å². The molecule has 86 valence electrons. The van der Waals surface area contributed by atoms with Crippen molar-refractivity contribution in [2.45, 2.75) is 6.42 Å². The Morgan fingerprint density at radius 3 is 2.83 bits per heavy atom. The second kappa shape index (κ2) is 4.22. The van der Waals surface area contributed by atoms with Gasteiger partial charge in [0.05, 0.1) is 17.1 Å². The second-order valence-corrected chi connectivity index (χ2v) is 3.61. The average Bonchev–Trinajstić information content (AvgIpc) is 2.87. The topological polar surface area (TPSA) is 88.5 Å². The van der Waals surface area contributed by atoms with Crippen molar-refractivity contribution in [1.29, 1.82) is 5.26 Å². The SMILES string of the molecule is N#CCc1nc(-c2ccc3nccnc3c2)no1. The van der Waals surface area contributed by atoms with Crippen LogP contribution in [0.1, 0.15) is 5.89 Å². The first-order chi connectivity index (χ1) is 8.86. The molecule has 0 spiro atoms. The summed E-state index contributed by atoms with van der Waals surface area (Å²) in [5, 5.41) is 12.4. The molecule has 0 saturated heterocycles. The number of aromatic nitrogens is 4.